The average molecular weight is 234 g/mol. The standard InChI is InChI=1S/C14H22N2O/c1-3-5-8-12(4-2)14(17)16-11-13-9-6-7-10-15-13/h6-7,9-10,12H,3-5,8,11H2,1-2H3,(H,16,17)/t12-/m0/s1. The van der Waals surface area contributed by atoms with E-state index in [0.717, 1.165) is 31.4 Å². The molecular formula is C14H22N2O. The topological polar surface area (TPSA) is 42.0 Å². The van der Waals surface area contributed by atoms with Crippen LogP contribution >= 0.6 is 0 Å². The Hall–Kier alpha value is -1.38. The molecule has 0 unspecified atom stereocenters. The Morgan fingerprint density at radius 2 is 2.24 bits per heavy atom. The Bertz CT molecular complexity index is 324. The quantitative estimate of drug-likeness (QED) is 0.788. The molecule has 0 radical (unpaired) electrons. The number of pyridine rings is 1. The summed E-state index contributed by atoms with van der Waals surface area (Å²) < 4.78 is 0. The lowest BCUT2D eigenvalue weighted by atomic mass is 9.98. The van der Waals surface area contributed by atoms with Gasteiger partial charge in [0.15, 0.2) is 0 Å². The fourth-order valence-electron chi connectivity index (χ4n) is 1.80. The van der Waals surface area contributed by atoms with Gasteiger partial charge in [-0.3, -0.25) is 9.78 Å². The molecule has 0 saturated carbocycles. The molecule has 0 bridgehead atoms. The number of hydrogen-bond acceptors (Lipinski definition) is 2. The highest BCUT2D eigenvalue weighted by Crippen LogP contribution is 2.12. The average Bonchev–Trinajstić information content (AvgIpc) is 2.38. The first kappa shape index (κ1) is 13.7. The number of aromatic nitrogens is 1. The van der Waals surface area contributed by atoms with E-state index >= 15 is 0 Å². The van der Waals surface area contributed by atoms with Gasteiger partial charge in [0.1, 0.15) is 0 Å². The highest BCUT2D eigenvalue weighted by atomic mass is 16.1. The van der Waals surface area contributed by atoms with E-state index < -0.39 is 0 Å². The van der Waals surface area contributed by atoms with E-state index in [2.05, 4.69) is 24.1 Å². The minimum Gasteiger partial charge on any atom is -0.350 e. The van der Waals surface area contributed by atoms with Gasteiger partial charge in [0.05, 0.1) is 12.2 Å². The van der Waals surface area contributed by atoms with Crippen molar-refractivity contribution in [2.75, 3.05) is 0 Å². The summed E-state index contributed by atoms with van der Waals surface area (Å²) >= 11 is 0. The zero-order chi connectivity index (χ0) is 12.5. The van der Waals surface area contributed by atoms with Gasteiger partial charge in [-0.1, -0.05) is 32.8 Å². The molecule has 1 N–H and O–H groups in total. The molecule has 3 nitrogen and oxygen atoms in total. The van der Waals surface area contributed by atoms with Gasteiger partial charge in [0.2, 0.25) is 5.91 Å². The zero-order valence-corrected chi connectivity index (χ0v) is 10.8. The number of hydrogen-bond donors (Lipinski definition) is 1. The van der Waals surface area contributed by atoms with E-state index in [0.29, 0.717) is 6.54 Å². The molecule has 1 atom stereocenters. The van der Waals surface area contributed by atoms with Gasteiger partial charge >= 0.3 is 0 Å². The van der Waals surface area contributed by atoms with Crippen molar-refractivity contribution in [3.8, 4) is 0 Å². The number of carbonyl (C=O) groups is 1. The summed E-state index contributed by atoms with van der Waals surface area (Å²) in [5, 5.41) is 2.96. The first-order chi connectivity index (χ1) is 8.27. The van der Waals surface area contributed by atoms with E-state index in [1.165, 1.54) is 0 Å². The Labute approximate surface area is 104 Å². The predicted molar refractivity (Wildman–Crippen MR) is 69.4 cm³/mol. The molecule has 0 spiro atoms. The van der Waals surface area contributed by atoms with Crippen molar-refractivity contribution in [3.05, 3.63) is 30.1 Å². The number of carbonyl (C=O) groups excluding carboxylic acids is 1. The van der Waals surface area contributed by atoms with Gasteiger partial charge in [0.25, 0.3) is 0 Å². The number of nitrogens with one attached hydrogen (secondary N) is 1. The second kappa shape index (κ2) is 7.82. The second-order valence-corrected chi connectivity index (χ2v) is 4.29. The third-order valence-electron chi connectivity index (χ3n) is 2.94. The van der Waals surface area contributed by atoms with Crippen LogP contribution in [0.25, 0.3) is 0 Å². The summed E-state index contributed by atoms with van der Waals surface area (Å²) in [5.41, 5.74) is 0.909. The van der Waals surface area contributed by atoms with E-state index in [1.54, 1.807) is 6.20 Å². The third-order valence-corrected chi connectivity index (χ3v) is 2.94. The smallest absolute Gasteiger partial charge is 0.223 e. The summed E-state index contributed by atoms with van der Waals surface area (Å²) in [4.78, 5) is 16.1. The SMILES string of the molecule is CCCC[C@H](CC)C(=O)NCc1ccccn1. The molecule has 1 aromatic rings. The molecule has 0 fully saturated rings. The summed E-state index contributed by atoms with van der Waals surface area (Å²) in [5.74, 6) is 0.310. The minimum atomic E-state index is 0.152. The third kappa shape index (κ3) is 4.98. The van der Waals surface area contributed by atoms with Crippen molar-refractivity contribution in [2.24, 2.45) is 5.92 Å². The number of unbranched alkanes of at least 4 members (excludes halogenated alkanes) is 1. The number of nitrogens with zero attached hydrogens (tertiary/aromatic N) is 1. The number of amides is 1. The molecule has 17 heavy (non-hydrogen) atoms. The van der Waals surface area contributed by atoms with Gasteiger partial charge in [-0.25, -0.2) is 0 Å². The molecule has 0 aliphatic carbocycles. The summed E-state index contributed by atoms with van der Waals surface area (Å²) in [6.45, 7) is 4.75. The highest BCUT2D eigenvalue weighted by Gasteiger charge is 2.15. The van der Waals surface area contributed by atoms with Crippen molar-refractivity contribution in [3.63, 3.8) is 0 Å². The lowest BCUT2D eigenvalue weighted by molar-refractivity contribution is -0.125. The maximum atomic E-state index is 11.9. The predicted octanol–water partition coefficient (Wildman–Crippen LogP) is 2.91. The molecule has 0 aliphatic rings. The van der Waals surface area contributed by atoms with Crippen molar-refractivity contribution in [1.82, 2.24) is 10.3 Å². The second-order valence-electron chi connectivity index (χ2n) is 4.29. The highest BCUT2D eigenvalue weighted by molar-refractivity contribution is 5.78. The lowest BCUT2D eigenvalue weighted by Crippen LogP contribution is -2.30. The molecule has 0 saturated heterocycles. The van der Waals surface area contributed by atoms with Crippen LogP contribution < -0.4 is 5.32 Å². The molecule has 0 aliphatic heterocycles. The largest absolute Gasteiger partial charge is 0.350 e. The summed E-state index contributed by atoms with van der Waals surface area (Å²) in [6, 6.07) is 5.73. The number of rotatable bonds is 7. The summed E-state index contributed by atoms with van der Waals surface area (Å²) in [6.07, 6.45) is 5.91. The van der Waals surface area contributed by atoms with E-state index in [1.807, 2.05) is 18.2 Å². The van der Waals surface area contributed by atoms with E-state index in [4.69, 9.17) is 0 Å². The van der Waals surface area contributed by atoms with Crippen molar-refractivity contribution in [2.45, 2.75) is 46.1 Å². The fourth-order valence-corrected chi connectivity index (χ4v) is 1.80. The fraction of sp³-hybridized carbons (Fsp3) is 0.571. The molecule has 0 aromatic carbocycles. The lowest BCUT2D eigenvalue weighted by Gasteiger charge is -2.14. The van der Waals surface area contributed by atoms with E-state index in [-0.39, 0.29) is 11.8 Å². The molecule has 1 amide bonds. The Balaban J connectivity index is 2.37. The zero-order valence-electron chi connectivity index (χ0n) is 10.8. The molecule has 1 rings (SSSR count). The van der Waals surface area contributed by atoms with Crippen LogP contribution in [0.5, 0.6) is 0 Å². The van der Waals surface area contributed by atoms with Gasteiger partial charge in [-0.2, -0.15) is 0 Å². The van der Waals surface area contributed by atoms with Crippen LogP contribution in [0, 0.1) is 5.92 Å². The molecule has 1 heterocycles. The molecule has 1 aromatic heterocycles. The van der Waals surface area contributed by atoms with Gasteiger partial charge < -0.3 is 5.32 Å². The Morgan fingerprint density at radius 1 is 1.41 bits per heavy atom. The van der Waals surface area contributed by atoms with Gasteiger partial charge in [-0.15, -0.1) is 0 Å². The van der Waals surface area contributed by atoms with Crippen molar-refractivity contribution < 1.29 is 4.79 Å². The normalized spacial score (nSPS) is 12.1. The van der Waals surface area contributed by atoms with Crippen LogP contribution in [-0.4, -0.2) is 10.9 Å². The first-order valence-corrected chi connectivity index (χ1v) is 6.45. The monoisotopic (exact) mass is 234 g/mol. The van der Waals surface area contributed by atoms with Crippen LogP contribution in [0.4, 0.5) is 0 Å². The van der Waals surface area contributed by atoms with Gasteiger partial charge in [0, 0.05) is 12.1 Å². The minimum absolute atomic E-state index is 0.152. The molecular weight excluding hydrogens is 212 g/mol. The van der Waals surface area contributed by atoms with Crippen LogP contribution in [0.3, 0.4) is 0 Å². The molecule has 3 heteroatoms. The maximum Gasteiger partial charge on any atom is 0.223 e. The Morgan fingerprint density at radius 3 is 2.82 bits per heavy atom. The van der Waals surface area contributed by atoms with Crippen LogP contribution in [-0.2, 0) is 11.3 Å². The first-order valence-electron chi connectivity index (χ1n) is 6.45. The van der Waals surface area contributed by atoms with Crippen LogP contribution in [0.1, 0.15) is 45.2 Å². The van der Waals surface area contributed by atoms with E-state index in [9.17, 15) is 4.79 Å². The Kier molecular flexibility index (Phi) is 6.30. The van der Waals surface area contributed by atoms with Crippen molar-refractivity contribution >= 4 is 5.91 Å². The van der Waals surface area contributed by atoms with Crippen molar-refractivity contribution in [1.29, 1.82) is 0 Å². The summed E-state index contributed by atoms with van der Waals surface area (Å²) in [7, 11) is 0. The van der Waals surface area contributed by atoms with Gasteiger partial charge in [-0.05, 0) is 25.0 Å². The van der Waals surface area contributed by atoms with Crippen LogP contribution in [0.2, 0.25) is 0 Å². The maximum absolute atomic E-state index is 11.9. The molecule has 94 valence electrons. The van der Waals surface area contributed by atoms with Crippen LogP contribution in [0.15, 0.2) is 24.4 Å².